The zero-order valence-electron chi connectivity index (χ0n) is 21.2. The van der Waals surface area contributed by atoms with Crippen LogP contribution in [0.15, 0.2) is 126 Å². The minimum Gasteiger partial charge on any atom is -0.399 e. The van der Waals surface area contributed by atoms with E-state index in [-0.39, 0.29) is 0 Å². The van der Waals surface area contributed by atoms with E-state index in [2.05, 4.69) is 29.2 Å². The Hall–Kier alpha value is -2.75. The van der Waals surface area contributed by atoms with Gasteiger partial charge in [-0.05, 0) is 34.9 Å². The van der Waals surface area contributed by atoms with Gasteiger partial charge in [0.25, 0.3) is 0 Å². The lowest BCUT2D eigenvalue weighted by molar-refractivity contribution is 0.321. The van der Waals surface area contributed by atoms with Crippen LogP contribution in [0.1, 0.15) is 0 Å². The van der Waals surface area contributed by atoms with Gasteiger partial charge in [-0.1, -0.05) is 97.1 Å². The smallest absolute Gasteiger partial charge is 0.399 e. The third-order valence-corrected chi connectivity index (χ3v) is 13.5. The SMILES string of the molecule is O=P(N=P(CCN1CCSCC1)(c1ccccc1)c1ccccc1)(Oc1ccccc1)Oc1ccccc1. The summed E-state index contributed by atoms with van der Waals surface area (Å²) in [5.74, 6) is 3.18. The van der Waals surface area contributed by atoms with Crippen molar-refractivity contribution in [3.05, 3.63) is 121 Å². The van der Waals surface area contributed by atoms with Gasteiger partial charge in [0, 0.05) is 44.4 Å². The van der Waals surface area contributed by atoms with Crippen LogP contribution in [0, 0.1) is 0 Å². The first kappa shape index (κ1) is 26.8. The molecule has 0 unspecified atom stereocenters. The van der Waals surface area contributed by atoms with Gasteiger partial charge in [0.05, 0.1) is 0 Å². The number of hydrogen-bond donors (Lipinski definition) is 0. The van der Waals surface area contributed by atoms with Crippen LogP contribution in [-0.2, 0) is 4.57 Å². The summed E-state index contributed by atoms with van der Waals surface area (Å²) >= 11 is 2.00. The van der Waals surface area contributed by atoms with Crippen molar-refractivity contribution in [2.45, 2.75) is 0 Å². The summed E-state index contributed by atoms with van der Waals surface area (Å²) in [5.41, 5.74) is 0. The van der Waals surface area contributed by atoms with Crippen molar-refractivity contribution in [3.63, 3.8) is 0 Å². The van der Waals surface area contributed by atoms with E-state index in [1.165, 1.54) is 0 Å². The molecule has 0 radical (unpaired) electrons. The normalized spacial score (nSPS) is 14.5. The van der Waals surface area contributed by atoms with Gasteiger partial charge >= 0.3 is 7.75 Å². The molecular weight excluding hydrogens is 530 g/mol. The maximum absolute atomic E-state index is 14.8. The van der Waals surface area contributed by atoms with E-state index < -0.39 is 14.8 Å². The first-order chi connectivity index (χ1) is 18.7. The zero-order chi connectivity index (χ0) is 26.1. The van der Waals surface area contributed by atoms with Gasteiger partial charge in [-0.2, -0.15) is 16.3 Å². The Morgan fingerprint density at radius 2 is 1.08 bits per heavy atom. The van der Waals surface area contributed by atoms with Gasteiger partial charge in [0.1, 0.15) is 11.5 Å². The number of hydrogen-bond acceptors (Lipinski definition) is 5. The van der Waals surface area contributed by atoms with Crippen LogP contribution >= 0.6 is 26.6 Å². The van der Waals surface area contributed by atoms with Crippen LogP contribution in [0.4, 0.5) is 0 Å². The molecule has 0 atom stereocenters. The predicted octanol–water partition coefficient (Wildman–Crippen LogP) is 7.15. The Balaban J connectivity index is 1.68. The third kappa shape index (κ3) is 6.81. The van der Waals surface area contributed by atoms with E-state index in [9.17, 15) is 4.57 Å². The number of thioether (sulfide) groups is 1. The maximum Gasteiger partial charge on any atom is 0.562 e. The standard InChI is InChI=1S/C30H32N2O3P2S/c33-37(34-27-13-5-1-6-14-27,35-28-15-7-2-8-16-28)31-36(29-17-9-3-10-18-29,30-19-11-4-12-20-30)24-21-32-22-25-38-26-23-32/h1-20H,21-26H2. The van der Waals surface area contributed by atoms with Gasteiger partial charge in [0.2, 0.25) is 0 Å². The first-order valence-electron chi connectivity index (χ1n) is 12.8. The highest BCUT2D eigenvalue weighted by Gasteiger charge is 2.36. The molecule has 1 heterocycles. The monoisotopic (exact) mass is 562 g/mol. The van der Waals surface area contributed by atoms with Gasteiger partial charge in [-0.3, -0.25) is 0 Å². The molecule has 0 spiro atoms. The van der Waals surface area contributed by atoms with Gasteiger partial charge in [0.15, 0.2) is 0 Å². The van der Waals surface area contributed by atoms with E-state index in [4.69, 9.17) is 13.6 Å². The lowest BCUT2D eigenvalue weighted by atomic mass is 10.3. The maximum atomic E-state index is 14.8. The molecule has 0 bridgehead atoms. The minimum atomic E-state index is -4.03. The van der Waals surface area contributed by atoms with Crippen LogP contribution in [0.25, 0.3) is 0 Å². The largest absolute Gasteiger partial charge is 0.562 e. The highest BCUT2D eigenvalue weighted by molar-refractivity contribution is 7.99. The molecule has 5 rings (SSSR count). The van der Waals surface area contributed by atoms with E-state index in [0.29, 0.717) is 11.5 Å². The average molecular weight is 563 g/mol. The minimum absolute atomic E-state index is 0.461. The summed E-state index contributed by atoms with van der Waals surface area (Å²) in [7, 11) is -6.63. The summed E-state index contributed by atoms with van der Waals surface area (Å²) in [6.07, 6.45) is 0.742. The lowest BCUT2D eigenvalue weighted by Gasteiger charge is -2.32. The second-order valence-corrected chi connectivity index (χ2v) is 15.2. The molecule has 1 fully saturated rings. The Kier molecular flexibility index (Phi) is 9.09. The number of rotatable bonds is 10. The summed E-state index contributed by atoms with van der Waals surface area (Å²) < 4.78 is 32.4. The summed E-state index contributed by atoms with van der Waals surface area (Å²) in [6.45, 7) is 2.96. The molecule has 1 aliphatic rings. The first-order valence-corrected chi connectivity index (χ1v) is 17.4. The molecule has 0 aliphatic carbocycles. The van der Waals surface area contributed by atoms with Crippen LogP contribution in [0.3, 0.4) is 0 Å². The second-order valence-electron chi connectivity index (χ2n) is 8.98. The van der Waals surface area contributed by atoms with Crippen LogP contribution in [0.2, 0.25) is 0 Å². The molecule has 1 aliphatic heterocycles. The molecule has 0 aromatic heterocycles. The van der Waals surface area contributed by atoms with Crippen molar-refractivity contribution < 1.29 is 13.6 Å². The Morgan fingerprint density at radius 1 is 0.658 bits per heavy atom. The molecular formula is C30H32N2O3P2S. The van der Waals surface area contributed by atoms with E-state index in [0.717, 1.165) is 47.9 Å². The van der Waals surface area contributed by atoms with Crippen molar-refractivity contribution in [3.8, 4) is 11.5 Å². The van der Waals surface area contributed by atoms with E-state index >= 15 is 0 Å². The van der Waals surface area contributed by atoms with Crippen LogP contribution in [-0.4, -0.2) is 42.2 Å². The fourth-order valence-electron chi connectivity index (χ4n) is 4.49. The Bertz CT molecular complexity index is 1300. The van der Waals surface area contributed by atoms with E-state index in [1.807, 2.05) is 84.6 Å². The third-order valence-electron chi connectivity index (χ3n) is 6.40. The molecule has 38 heavy (non-hydrogen) atoms. The second kappa shape index (κ2) is 12.9. The fourth-order valence-corrected chi connectivity index (χ4v) is 12.0. The van der Waals surface area contributed by atoms with Gasteiger partial charge < -0.3 is 13.9 Å². The molecule has 4 aromatic rings. The van der Waals surface area contributed by atoms with E-state index in [1.54, 1.807) is 24.3 Å². The van der Waals surface area contributed by atoms with Crippen molar-refractivity contribution in [1.82, 2.24) is 4.90 Å². The number of para-hydroxylation sites is 2. The highest BCUT2D eigenvalue weighted by Crippen LogP contribution is 2.61. The summed E-state index contributed by atoms with van der Waals surface area (Å²) in [5, 5.41) is 2.12. The number of nitrogens with zero attached hydrogens (tertiary/aromatic N) is 2. The fraction of sp³-hybridized carbons (Fsp3) is 0.200. The molecule has 5 nitrogen and oxygen atoms in total. The van der Waals surface area contributed by atoms with Crippen molar-refractivity contribution >= 4 is 37.2 Å². The zero-order valence-corrected chi connectivity index (χ0v) is 23.8. The van der Waals surface area contributed by atoms with Gasteiger partial charge in [-0.25, -0.2) is 4.57 Å². The molecule has 196 valence electrons. The molecule has 8 heteroatoms. The highest BCUT2D eigenvalue weighted by atomic mass is 32.2. The van der Waals surface area contributed by atoms with Crippen molar-refractivity contribution in [1.29, 1.82) is 0 Å². The van der Waals surface area contributed by atoms with Crippen LogP contribution in [0.5, 0.6) is 11.5 Å². The molecule has 1 saturated heterocycles. The predicted molar refractivity (Wildman–Crippen MR) is 162 cm³/mol. The molecule has 4 aromatic carbocycles. The van der Waals surface area contributed by atoms with Crippen molar-refractivity contribution in [2.75, 3.05) is 37.3 Å². The van der Waals surface area contributed by atoms with Crippen molar-refractivity contribution in [2.24, 2.45) is 4.52 Å². The molecule has 0 saturated carbocycles. The molecule has 0 N–H and O–H groups in total. The quantitative estimate of drug-likeness (QED) is 0.192. The van der Waals surface area contributed by atoms with Crippen LogP contribution < -0.4 is 19.7 Å². The lowest BCUT2D eigenvalue weighted by Crippen LogP contribution is -2.36. The Morgan fingerprint density at radius 3 is 1.53 bits per heavy atom. The summed E-state index contributed by atoms with van der Waals surface area (Å²) in [4.78, 5) is 2.49. The topological polar surface area (TPSA) is 51.1 Å². The van der Waals surface area contributed by atoms with Gasteiger partial charge in [-0.15, -0.1) is 0 Å². The molecule has 0 amide bonds. The Labute approximate surface area is 229 Å². The average Bonchev–Trinajstić information content (AvgIpc) is 2.98. The number of benzene rings is 4. The summed E-state index contributed by atoms with van der Waals surface area (Å²) in [6, 6.07) is 38.9.